The van der Waals surface area contributed by atoms with Crippen LogP contribution in [0.2, 0.25) is 0 Å². The van der Waals surface area contributed by atoms with Crippen molar-refractivity contribution in [2.24, 2.45) is 0 Å². The summed E-state index contributed by atoms with van der Waals surface area (Å²) in [6, 6.07) is 8.44. The van der Waals surface area contributed by atoms with Gasteiger partial charge in [0.25, 0.3) is 0 Å². The maximum absolute atomic E-state index is 5.22. The predicted octanol–water partition coefficient (Wildman–Crippen LogP) is 2.59. The maximum atomic E-state index is 5.22. The van der Waals surface area contributed by atoms with Gasteiger partial charge in [0.05, 0.1) is 7.11 Å². The van der Waals surface area contributed by atoms with Gasteiger partial charge >= 0.3 is 0 Å². The third kappa shape index (κ3) is 4.04. The minimum absolute atomic E-state index is 0.237. The second-order valence-corrected chi connectivity index (χ2v) is 4.99. The van der Waals surface area contributed by atoms with Crippen molar-refractivity contribution in [2.45, 2.75) is 39.3 Å². The van der Waals surface area contributed by atoms with Gasteiger partial charge in [-0.2, -0.15) is 5.10 Å². The largest absolute Gasteiger partial charge is 0.497 e. The molecule has 0 bridgehead atoms. The molecule has 0 amide bonds. The molecule has 0 radical (unpaired) electrons. The van der Waals surface area contributed by atoms with E-state index in [-0.39, 0.29) is 6.04 Å². The summed E-state index contributed by atoms with van der Waals surface area (Å²) in [6.07, 6.45) is 3.53. The summed E-state index contributed by atoms with van der Waals surface area (Å²) in [7, 11) is 1.68. The molecule has 0 saturated carbocycles. The van der Waals surface area contributed by atoms with Crippen LogP contribution in [0.3, 0.4) is 0 Å². The Balaban J connectivity index is 2.15. The van der Waals surface area contributed by atoms with Crippen LogP contribution in [0.25, 0.3) is 0 Å². The van der Waals surface area contributed by atoms with Crippen molar-refractivity contribution in [3.8, 4) is 5.75 Å². The summed E-state index contributed by atoms with van der Waals surface area (Å²) >= 11 is 0. The summed E-state index contributed by atoms with van der Waals surface area (Å²) in [5.41, 5.74) is 1.24. The standard InChI is InChI=1S/C16H24N4O/c1-4-10-20-16(18-12-19-20)11-15(17-5-2)13-6-8-14(21-3)9-7-13/h6-9,12,15,17H,4-5,10-11H2,1-3H3. The molecule has 21 heavy (non-hydrogen) atoms. The predicted molar refractivity (Wildman–Crippen MR) is 83.4 cm³/mol. The lowest BCUT2D eigenvalue weighted by atomic mass is 10.0. The summed E-state index contributed by atoms with van der Waals surface area (Å²) in [6.45, 7) is 6.10. The van der Waals surface area contributed by atoms with Crippen LogP contribution in [0.5, 0.6) is 5.75 Å². The van der Waals surface area contributed by atoms with Crippen LogP contribution in [0, 0.1) is 0 Å². The molecule has 2 rings (SSSR count). The van der Waals surface area contributed by atoms with Crippen LogP contribution >= 0.6 is 0 Å². The number of hydrogen-bond donors (Lipinski definition) is 1. The van der Waals surface area contributed by atoms with E-state index in [0.717, 1.165) is 37.5 Å². The van der Waals surface area contributed by atoms with E-state index in [1.165, 1.54) is 5.56 Å². The van der Waals surface area contributed by atoms with E-state index >= 15 is 0 Å². The van der Waals surface area contributed by atoms with Crippen LogP contribution in [0.15, 0.2) is 30.6 Å². The maximum Gasteiger partial charge on any atom is 0.138 e. The van der Waals surface area contributed by atoms with Crippen molar-refractivity contribution in [3.05, 3.63) is 42.0 Å². The van der Waals surface area contributed by atoms with Gasteiger partial charge in [0.1, 0.15) is 17.9 Å². The number of ether oxygens (including phenoxy) is 1. The number of aromatic nitrogens is 3. The lowest BCUT2D eigenvalue weighted by Crippen LogP contribution is -2.24. The van der Waals surface area contributed by atoms with E-state index in [9.17, 15) is 0 Å². The number of benzene rings is 1. The Morgan fingerprint density at radius 3 is 2.62 bits per heavy atom. The fourth-order valence-corrected chi connectivity index (χ4v) is 2.42. The number of rotatable bonds is 8. The highest BCUT2D eigenvalue weighted by molar-refractivity contribution is 5.29. The third-order valence-electron chi connectivity index (χ3n) is 3.49. The summed E-state index contributed by atoms with van der Waals surface area (Å²) in [5, 5.41) is 7.82. The Morgan fingerprint density at radius 2 is 2.00 bits per heavy atom. The van der Waals surface area contributed by atoms with Gasteiger partial charge in [-0.15, -0.1) is 0 Å². The number of hydrogen-bond acceptors (Lipinski definition) is 4. The summed E-state index contributed by atoms with van der Waals surface area (Å²) in [4.78, 5) is 4.40. The molecule has 0 aliphatic carbocycles. The second-order valence-electron chi connectivity index (χ2n) is 4.99. The first-order valence-electron chi connectivity index (χ1n) is 7.52. The van der Waals surface area contributed by atoms with Gasteiger partial charge in [0.15, 0.2) is 0 Å². The molecule has 0 aliphatic rings. The number of aryl methyl sites for hydroxylation is 1. The van der Waals surface area contributed by atoms with Crippen LogP contribution in [0.1, 0.15) is 37.7 Å². The SMILES string of the molecule is CCCn1ncnc1CC(NCC)c1ccc(OC)cc1. The number of methoxy groups -OCH3 is 1. The average Bonchev–Trinajstić information content (AvgIpc) is 2.94. The fraction of sp³-hybridized carbons (Fsp3) is 0.500. The quantitative estimate of drug-likeness (QED) is 0.811. The average molecular weight is 288 g/mol. The molecule has 1 atom stereocenters. The first kappa shape index (κ1) is 15.5. The van der Waals surface area contributed by atoms with E-state index < -0.39 is 0 Å². The molecule has 114 valence electrons. The van der Waals surface area contributed by atoms with Gasteiger partial charge in [-0.05, 0) is 30.7 Å². The molecular formula is C16H24N4O. The minimum atomic E-state index is 0.237. The normalized spacial score (nSPS) is 12.3. The van der Waals surface area contributed by atoms with E-state index in [1.54, 1.807) is 13.4 Å². The molecule has 0 spiro atoms. The van der Waals surface area contributed by atoms with Gasteiger partial charge in [-0.1, -0.05) is 26.0 Å². The third-order valence-corrected chi connectivity index (χ3v) is 3.49. The molecule has 0 aliphatic heterocycles. The zero-order valence-electron chi connectivity index (χ0n) is 13.0. The summed E-state index contributed by atoms with van der Waals surface area (Å²) < 4.78 is 7.21. The van der Waals surface area contributed by atoms with Gasteiger partial charge in [0.2, 0.25) is 0 Å². The van der Waals surface area contributed by atoms with Crippen molar-refractivity contribution in [3.63, 3.8) is 0 Å². The lowest BCUT2D eigenvalue weighted by Gasteiger charge is -2.18. The van der Waals surface area contributed by atoms with Gasteiger partial charge in [0, 0.05) is 19.0 Å². The fourth-order valence-electron chi connectivity index (χ4n) is 2.42. The number of nitrogens with zero attached hydrogens (tertiary/aromatic N) is 3. The van der Waals surface area contributed by atoms with Gasteiger partial charge < -0.3 is 10.1 Å². The van der Waals surface area contributed by atoms with Gasteiger partial charge in [-0.3, -0.25) is 4.68 Å². The topological polar surface area (TPSA) is 52.0 Å². The highest BCUT2D eigenvalue weighted by Gasteiger charge is 2.15. The number of nitrogens with one attached hydrogen (secondary N) is 1. The molecule has 0 fully saturated rings. The lowest BCUT2D eigenvalue weighted by molar-refractivity contribution is 0.414. The molecule has 5 heteroatoms. The van der Waals surface area contributed by atoms with Crippen molar-refractivity contribution in [2.75, 3.05) is 13.7 Å². The Morgan fingerprint density at radius 1 is 1.24 bits per heavy atom. The molecular weight excluding hydrogens is 264 g/mol. The van der Waals surface area contributed by atoms with Crippen LogP contribution in [0.4, 0.5) is 0 Å². The van der Waals surface area contributed by atoms with E-state index in [2.05, 4.69) is 41.4 Å². The van der Waals surface area contributed by atoms with Crippen molar-refractivity contribution in [1.29, 1.82) is 0 Å². The molecule has 2 aromatic rings. The highest BCUT2D eigenvalue weighted by atomic mass is 16.5. The minimum Gasteiger partial charge on any atom is -0.497 e. The van der Waals surface area contributed by atoms with Crippen molar-refractivity contribution < 1.29 is 4.74 Å². The van der Waals surface area contributed by atoms with Crippen molar-refractivity contribution in [1.82, 2.24) is 20.1 Å². The van der Waals surface area contributed by atoms with Crippen LogP contribution < -0.4 is 10.1 Å². The smallest absolute Gasteiger partial charge is 0.138 e. The molecule has 1 aromatic carbocycles. The Hall–Kier alpha value is -1.88. The van der Waals surface area contributed by atoms with Crippen LogP contribution in [-0.4, -0.2) is 28.4 Å². The Labute approximate surface area is 126 Å². The monoisotopic (exact) mass is 288 g/mol. The molecule has 1 aromatic heterocycles. The first-order chi connectivity index (χ1) is 10.3. The van der Waals surface area contributed by atoms with Crippen LogP contribution in [-0.2, 0) is 13.0 Å². The zero-order valence-corrected chi connectivity index (χ0v) is 13.0. The van der Waals surface area contributed by atoms with E-state index in [0.29, 0.717) is 0 Å². The molecule has 5 nitrogen and oxygen atoms in total. The van der Waals surface area contributed by atoms with E-state index in [4.69, 9.17) is 4.74 Å². The summed E-state index contributed by atoms with van der Waals surface area (Å²) in [5.74, 6) is 1.90. The first-order valence-corrected chi connectivity index (χ1v) is 7.52. The Bertz CT molecular complexity index is 535. The number of likely N-dealkylation sites (N-methyl/N-ethyl adjacent to an activating group) is 1. The molecule has 1 unspecified atom stereocenters. The van der Waals surface area contributed by atoms with E-state index in [1.807, 2.05) is 16.8 Å². The van der Waals surface area contributed by atoms with Gasteiger partial charge in [-0.25, -0.2) is 4.98 Å². The Kier molecular flexibility index (Phi) is 5.75. The highest BCUT2D eigenvalue weighted by Crippen LogP contribution is 2.20. The molecule has 1 heterocycles. The van der Waals surface area contributed by atoms with Crippen molar-refractivity contribution >= 4 is 0 Å². The molecule has 1 N–H and O–H groups in total. The zero-order chi connectivity index (χ0) is 15.1. The molecule has 0 saturated heterocycles. The second kappa shape index (κ2) is 7.78.